The summed E-state index contributed by atoms with van der Waals surface area (Å²) in [6, 6.07) is 0. The summed E-state index contributed by atoms with van der Waals surface area (Å²) in [5, 5.41) is 3.39. The van der Waals surface area contributed by atoms with Gasteiger partial charge in [0.15, 0.2) is 0 Å². The van der Waals surface area contributed by atoms with Gasteiger partial charge < -0.3 is 5.32 Å². The predicted molar refractivity (Wildman–Crippen MR) is 38.4 cm³/mol. The summed E-state index contributed by atoms with van der Waals surface area (Å²) in [5.41, 5.74) is 0.572. The number of nitrogens with one attached hydrogen (secondary N) is 1. The summed E-state index contributed by atoms with van der Waals surface area (Å²) in [4.78, 5) is 0. The van der Waals surface area contributed by atoms with Gasteiger partial charge in [-0.3, -0.25) is 0 Å². The van der Waals surface area contributed by atoms with Crippen molar-refractivity contribution in [2.45, 2.75) is 38.1 Å². The fourth-order valence-corrected chi connectivity index (χ4v) is 1.26. The normalized spacial score (nSPS) is 41.0. The van der Waals surface area contributed by atoms with E-state index >= 15 is 0 Å². The standard InChI is InChI=1S/C8H15N/c1-8(6-9-8)5-4-7-2-3-7/h7,9H,2-6H2,1H3. The van der Waals surface area contributed by atoms with Crippen molar-refractivity contribution in [2.24, 2.45) is 5.92 Å². The lowest BCUT2D eigenvalue weighted by Gasteiger charge is -2.03. The highest BCUT2D eigenvalue weighted by molar-refractivity contribution is 5.00. The lowest BCUT2D eigenvalue weighted by atomic mass is 10.0. The maximum Gasteiger partial charge on any atom is 0.0278 e. The van der Waals surface area contributed by atoms with E-state index in [9.17, 15) is 0 Å². The molecule has 1 N–H and O–H groups in total. The average molecular weight is 125 g/mol. The van der Waals surface area contributed by atoms with E-state index in [1.165, 1.54) is 32.2 Å². The van der Waals surface area contributed by atoms with Crippen LogP contribution in [0.4, 0.5) is 0 Å². The molecule has 1 saturated heterocycles. The second-order valence-corrected chi connectivity index (χ2v) is 3.90. The Kier molecular flexibility index (Phi) is 1.10. The maximum atomic E-state index is 3.39. The van der Waals surface area contributed by atoms with Crippen molar-refractivity contribution in [3.8, 4) is 0 Å². The molecule has 0 radical (unpaired) electrons. The second kappa shape index (κ2) is 1.72. The van der Waals surface area contributed by atoms with Crippen LogP contribution in [0.5, 0.6) is 0 Å². The van der Waals surface area contributed by atoms with Crippen molar-refractivity contribution in [3.63, 3.8) is 0 Å². The van der Waals surface area contributed by atoms with Gasteiger partial charge in [-0.25, -0.2) is 0 Å². The van der Waals surface area contributed by atoms with Crippen molar-refractivity contribution in [2.75, 3.05) is 6.54 Å². The van der Waals surface area contributed by atoms with E-state index in [2.05, 4.69) is 12.2 Å². The lowest BCUT2D eigenvalue weighted by molar-refractivity contribution is 0.556. The molecule has 1 aliphatic heterocycles. The smallest absolute Gasteiger partial charge is 0.0278 e. The fourth-order valence-electron chi connectivity index (χ4n) is 1.26. The molecule has 1 heteroatoms. The SMILES string of the molecule is CC1(CCC2CC2)CN1. The van der Waals surface area contributed by atoms with Crippen molar-refractivity contribution in [3.05, 3.63) is 0 Å². The minimum atomic E-state index is 0.572. The summed E-state index contributed by atoms with van der Waals surface area (Å²) < 4.78 is 0. The van der Waals surface area contributed by atoms with Gasteiger partial charge in [-0.2, -0.15) is 0 Å². The molecule has 9 heavy (non-hydrogen) atoms. The molecule has 1 saturated carbocycles. The monoisotopic (exact) mass is 125 g/mol. The van der Waals surface area contributed by atoms with Crippen molar-refractivity contribution in [1.29, 1.82) is 0 Å². The van der Waals surface area contributed by atoms with Gasteiger partial charge in [0, 0.05) is 12.1 Å². The van der Waals surface area contributed by atoms with Crippen LogP contribution in [0, 0.1) is 5.92 Å². The Morgan fingerprint density at radius 1 is 1.56 bits per heavy atom. The third-order valence-electron chi connectivity index (χ3n) is 2.58. The van der Waals surface area contributed by atoms with E-state index in [1.54, 1.807) is 0 Å². The second-order valence-electron chi connectivity index (χ2n) is 3.90. The van der Waals surface area contributed by atoms with E-state index in [0.29, 0.717) is 5.54 Å². The number of hydrogen-bond acceptors (Lipinski definition) is 1. The van der Waals surface area contributed by atoms with Gasteiger partial charge in [0.1, 0.15) is 0 Å². The van der Waals surface area contributed by atoms with Gasteiger partial charge in [-0.1, -0.05) is 12.8 Å². The van der Waals surface area contributed by atoms with E-state index in [-0.39, 0.29) is 0 Å². The largest absolute Gasteiger partial charge is 0.308 e. The average Bonchev–Trinajstić information content (AvgIpc) is 2.58. The van der Waals surface area contributed by atoms with Gasteiger partial charge in [-0.05, 0) is 25.7 Å². The Morgan fingerprint density at radius 2 is 2.22 bits per heavy atom. The first-order valence-corrected chi connectivity index (χ1v) is 4.04. The Hall–Kier alpha value is -0.0400. The molecular formula is C8H15N. The molecule has 2 fully saturated rings. The third kappa shape index (κ3) is 1.45. The summed E-state index contributed by atoms with van der Waals surface area (Å²) >= 11 is 0. The van der Waals surface area contributed by atoms with Crippen LogP contribution < -0.4 is 5.32 Å². The molecule has 2 rings (SSSR count). The molecule has 1 heterocycles. The number of hydrogen-bond donors (Lipinski definition) is 1. The Labute approximate surface area is 56.8 Å². The molecule has 0 aromatic heterocycles. The Balaban J connectivity index is 1.65. The van der Waals surface area contributed by atoms with Crippen molar-refractivity contribution < 1.29 is 0 Å². The fraction of sp³-hybridized carbons (Fsp3) is 1.00. The molecule has 1 unspecified atom stereocenters. The topological polar surface area (TPSA) is 21.9 Å². The van der Waals surface area contributed by atoms with Crippen molar-refractivity contribution >= 4 is 0 Å². The first-order valence-electron chi connectivity index (χ1n) is 4.04. The summed E-state index contributed by atoms with van der Waals surface area (Å²) in [7, 11) is 0. The van der Waals surface area contributed by atoms with Gasteiger partial charge in [0.05, 0.1) is 0 Å². The van der Waals surface area contributed by atoms with E-state index in [4.69, 9.17) is 0 Å². The quantitative estimate of drug-likeness (QED) is 0.568. The summed E-state index contributed by atoms with van der Waals surface area (Å²) in [6.45, 7) is 3.59. The van der Waals surface area contributed by atoms with Crippen LogP contribution in [0.25, 0.3) is 0 Å². The van der Waals surface area contributed by atoms with Gasteiger partial charge in [0.2, 0.25) is 0 Å². The number of rotatable bonds is 3. The molecule has 1 nitrogen and oxygen atoms in total. The minimum Gasteiger partial charge on any atom is -0.308 e. The van der Waals surface area contributed by atoms with Crippen LogP contribution in [-0.2, 0) is 0 Å². The molecule has 0 spiro atoms. The van der Waals surface area contributed by atoms with Crippen LogP contribution in [-0.4, -0.2) is 12.1 Å². The molecular weight excluding hydrogens is 110 g/mol. The predicted octanol–water partition coefficient (Wildman–Crippen LogP) is 1.54. The Morgan fingerprint density at radius 3 is 2.67 bits per heavy atom. The van der Waals surface area contributed by atoms with Crippen LogP contribution in [0.1, 0.15) is 32.6 Å². The highest BCUT2D eigenvalue weighted by atomic mass is 15.1. The maximum absolute atomic E-state index is 3.39. The highest BCUT2D eigenvalue weighted by Gasteiger charge is 2.37. The first-order chi connectivity index (χ1) is 4.29. The van der Waals surface area contributed by atoms with Crippen LogP contribution in [0.2, 0.25) is 0 Å². The molecule has 0 aromatic rings. The molecule has 1 aliphatic carbocycles. The summed E-state index contributed by atoms with van der Waals surface area (Å²) in [5.74, 6) is 1.12. The van der Waals surface area contributed by atoms with Crippen LogP contribution in [0.15, 0.2) is 0 Å². The zero-order chi connectivity index (χ0) is 6.32. The first kappa shape index (κ1) is 5.72. The summed E-state index contributed by atoms with van der Waals surface area (Å²) in [6.07, 6.45) is 5.91. The molecule has 1 atom stereocenters. The Bertz CT molecular complexity index is 112. The lowest BCUT2D eigenvalue weighted by Crippen LogP contribution is -2.08. The zero-order valence-corrected chi connectivity index (χ0v) is 6.11. The van der Waals surface area contributed by atoms with Crippen LogP contribution in [0.3, 0.4) is 0 Å². The van der Waals surface area contributed by atoms with E-state index < -0.39 is 0 Å². The highest BCUT2D eigenvalue weighted by Crippen LogP contribution is 2.36. The van der Waals surface area contributed by atoms with Crippen molar-refractivity contribution in [1.82, 2.24) is 5.32 Å². The van der Waals surface area contributed by atoms with Gasteiger partial charge >= 0.3 is 0 Å². The molecule has 52 valence electrons. The molecule has 0 amide bonds. The molecule has 0 bridgehead atoms. The van der Waals surface area contributed by atoms with Gasteiger partial charge in [-0.15, -0.1) is 0 Å². The van der Waals surface area contributed by atoms with E-state index in [1.807, 2.05) is 0 Å². The third-order valence-corrected chi connectivity index (χ3v) is 2.58. The van der Waals surface area contributed by atoms with Crippen LogP contribution >= 0.6 is 0 Å². The zero-order valence-electron chi connectivity index (χ0n) is 6.11. The molecule has 0 aromatic carbocycles. The van der Waals surface area contributed by atoms with E-state index in [0.717, 1.165) is 5.92 Å². The minimum absolute atomic E-state index is 0.572. The molecule has 2 aliphatic rings. The van der Waals surface area contributed by atoms with Gasteiger partial charge in [0.25, 0.3) is 0 Å².